The van der Waals surface area contributed by atoms with Crippen molar-refractivity contribution in [2.24, 2.45) is 5.92 Å². The molecule has 1 aromatic carbocycles. The Morgan fingerprint density at radius 1 is 1.17 bits per heavy atom. The molecular formula is C25H36O5. The normalized spacial score (nSPS) is 25.1. The van der Waals surface area contributed by atoms with Crippen LogP contribution in [0.1, 0.15) is 64.4 Å². The number of hydrogen-bond donors (Lipinski definition) is 0. The van der Waals surface area contributed by atoms with Crippen LogP contribution in [-0.4, -0.2) is 37.5 Å². The molecule has 0 N–H and O–H groups in total. The van der Waals surface area contributed by atoms with Crippen molar-refractivity contribution < 1.29 is 23.7 Å². The second-order valence-electron chi connectivity index (χ2n) is 8.64. The Balaban J connectivity index is 1.30. The summed E-state index contributed by atoms with van der Waals surface area (Å²) in [6.07, 6.45) is 9.27. The summed E-state index contributed by atoms with van der Waals surface area (Å²) in [5.74, 6) is 1.02. The molecule has 3 unspecified atom stereocenters. The fourth-order valence-corrected chi connectivity index (χ4v) is 3.83. The van der Waals surface area contributed by atoms with Gasteiger partial charge in [0, 0.05) is 25.2 Å². The standard InChI is InChI=1S/C25H36O5/c1-20(11-5-4-9-15-28-24-14-8-10-16-29-24)22-17-23(26)25(2,30-22)19-27-18-21-12-6-3-7-13-21/h3,6-7,12-13,17,20,24H,4-5,8-11,14-16,18-19H2,1-2H3. The molecule has 2 aliphatic heterocycles. The molecule has 3 atom stereocenters. The molecule has 0 radical (unpaired) electrons. The van der Waals surface area contributed by atoms with Gasteiger partial charge in [-0.2, -0.15) is 0 Å². The third-order valence-electron chi connectivity index (χ3n) is 5.84. The number of benzene rings is 1. The molecule has 1 aromatic rings. The van der Waals surface area contributed by atoms with Crippen LogP contribution in [0.4, 0.5) is 0 Å². The molecule has 0 bridgehead atoms. The Bertz CT molecular complexity index is 680. The van der Waals surface area contributed by atoms with Crippen molar-refractivity contribution in [1.29, 1.82) is 0 Å². The average molecular weight is 417 g/mol. The van der Waals surface area contributed by atoms with Gasteiger partial charge in [0.15, 0.2) is 11.9 Å². The van der Waals surface area contributed by atoms with Gasteiger partial charge in [0.1, 0.15) is 5.76 Å². The molecule has 0 spiro atoms. The summed E-state index contributed by atoms with van der Waals surface area (Å²) in [4.78, 5) is 12.5. The molecule has 2 heterocycles. The number of carbonyl (C=O) groups is 1. The molecule has 1 fully saturated rings. The first-order valence-corrected chi connectivity index (χ1v) is 11.4. The first-order valence-electron chi connectivity index (χ1n) is 11.4. The van der Waals surface area contributed by atoms with Crippen molar-refractivity contribution in [3.63, 3.8) is 0 Å². The summed E-state index contributed by atoms with van der Waals surface area (Å²) in [6.45, 7) is 6.27. The molecule has 2 aliphatic rings. The topological polar surface area (TPSA) is 54.0 Å². The predicted molar refractivity (Wildman–Crippen MR) is 116 cm³/mol. The van der Waals surface area contributed by atoms with E-state index in [2.05, 4.69) is 6.92 Å². The molecule has 5 heteroatoms. The van der Waals surface area contributed by atoms with Gasteiger partial charge in [-0.1, -0.05) is 50.1 Å². The highest BCUT2D eigenvalue weighted by Crippen LogP contribution is 2.32. The van der Waals surface area contributed by atoms with Crippen LogP contribution < -0.4 is 0 Å². The Hall–Kier alpha value is -1.69. The van der Waals surface area contributed by atoms with Crippen molar-refractivity contribution in [1.82, 2.24) is 0 Å². The van der Waals surface area contributed by atoms with Gasteiger partial charge in [-0.05, 0) is 44.6 Å². The molecule has 0 saturated carbocycles. The smallest absolute Gasteiger partial charge is 0.204 e. The number of allylic oxidation sites excluding steroid dienone is 1. The molecule has 0 aliphatic carbocycles. The second-order valence-corrected chi connectivity index (χ2v) is 8.64. The van der Waals surface area contributed by atoms with Crippen LogP contribution in [0.15, 0.2) is 42.2 Å². The van der Waals surface area contributed by atoms with Gasteiger partial charge in [-0.25, -0.2) is 0 Å². The van der Waals surface area contributed by atoms with Crippen LogP contribution in [0.2, 0.25) is 0 Å². The van der Waals surface area contributed by atoms with Gasteiger partial charge >= 0.3 is 0 Å². The van der Waals surface area contributed by atoms with E-state index in [9.17, 15) is 4.79 Å². The van der Waals surface area contributed by atoms with Crippen LogP contribution in [-0.2, 0) is 30.3 Å². The molecule has 166 valence electrons. The van der Waals surface area contributed by atoms with Gasteiger partial charge in [-0.3, -0.25) is 4.79 Å². The van der Waals surface area contributed by atoms with Crippen molar-refractivity contribution in [2.45, 2.75) is 77.3 Å². The van der Waals surface area contributed by atoms with E-state index in [-0.39, 0.29) is 24.6 Å². The fourth-order valence-electron chi connectivity index (χ4n) is 3.83. The monoisotopic (exact) mass is 416 g/mol. The Kier molecular flexibility index (Phi) is 8.91. The first kappa shape index (κ1) is 23.0. The largest absolute Gasteiger partial charge is 0.481 e. The number of carbonyl (C=O) groups excluding carboxylic acids is 1. The highest BCUT2D eigenvalue weighted by Gasteiger charge is 2.41. The molecular weight excluding hydrogens is 380 g/mol. The number of ether oxygens (including phenoxy) is 4. The number of unbranched alkanes of at least 4 members (excludes halogenated alkanes) is 2. The quantitative estimate of drug-likeness (QED) is 0.439. The minimum atomic E-state index is -0.911. The Morgan fingerprint density at radius 3 is 2.77 bits per heavy atom. The maximum absolute atomic E-state index is 12.5. The third kappa shape index (κ3) is 6.93. The highest BCUT2D eigenvalue weighted by molar-refractivity contribution is 5.99. The Morgan fingerprint density at radius 2 is 2.00 bits per heavy atom. The number of rotatable bonds is 12. The lowest BCUT2D eigenvalue weighted by Gasteiger charge is -2.25. The number of ketones is 1. The van der Waals surface area contributed by atoms with E-state index >= 15 is 0 Å². The van der Waals surface area contributed by atoms with Crippen LogP contribution >= 0.6 is 0 Å². The van der Waals surface area contributed by atoms with Crippen LogP contribution in [0.5, 0.6) is 0 Å². The lowest BCUT2D eigenvalue weighted by atomic mass is 10.0. The van der Waals surface area contributed by atoms with Crippen LogP contribution in [0, 0.1) is 5.92 Å². The van der Waals surface area contributed by atoms with Crippen LogP contribution in [0.25, 0.3) is 0 Å². The zero-order valence-electron chi connectivity index (χ0n) is 18.4. The maximum atomic E-state index is 12.5. The first-order chi connectivity index (χ1) is 14.6. The average Bonchev–Trinajstić information content (AvgIpc) is 3.06. The SMILES string of the molecule is CC(CCCCCOC1CCCCO1)C1=CC(=O)C(C)(COCc2ccccc2)O1. The number of hydrogen-bond acceptors (Lipinski definition) is 5. The minimum Gasteiger partial charge on any atom is -0.481 e. The third-order valence-corrected chi connectivity index (χ3v) is 5.84. The summed E-state index contributed by atoms with van der Waals surface area (Å²) in [5, 5.41) is 0. The second kappa shape index (κ2) is 11.6. The molecule has 0 aromatic heterocycles. The van der Waals surface area contributed by atoms with Gasteiger partial charge in [0.2, 0.25) is 5.78 Å². The van der Waals surface area contributed by atoms with Crippen LogP contribution in [0.3, 0.4) is 0 Å². The summed E-state index contributed by atoms with van der Waals surface area (Å²) in [6, 6.07) is 9.96. The molecule has 3 rings (SSSR count). The van der Waals surface area contributed by atoms with E-state index in [1.807, 2.05) is 37.3 Å². The summed E-state index contributed by atoms with van der Waals surface area (Å²) < 4.78 is 23.2. The molecule has 5 nitrogen and oxygen atoms in total. The van der Waals surface area contributed by atoms with E-state index in [1.165, 1.54) is 6.42 Å². The lowest BCUT2D eigenvalue weighted by molar-refractivity contribution is -0.162. The van der Waals surface area contributed by atoms with Crippen molar-refractivity contribution in [2.75, 3.05) is 19.8 Å². The Labute approximate surface area is 180 Å². The van der Waals surface area contributed by atoms with Crippen molar-refractivity contribution >= 4 is 5.78 Å². The van der Waals surface area contributed by atoms with Gasteiger partial charge in [-0.15, -0.1) is 0 Å². The van der Waals surface area contributed by atoms with E-state index in [4.69, 9.17) is 18.9 Å². The van der Waals surface area contributed by atoms with E-state index < -0.39 is 5.60 Å². The van der Waals surface area contributed by atoms with Crippen molar-refractivity contribution in [3.8, 4) is 0 Å². The van der Waals surface area contributed by atoms with Gasteiger partial charge in [0.25, 0.3) is 0 Å². The predicted octanol–water partition coefficient (Wildman–Crippen LogP) is 5.18. The van der Waals surface area contributed by atoms with E-state index in [0.29, 0.717) is 6.61 Å². The fraction of sp³-hybridized carbons (Fsp3) is 0.640. The van der Waals surface area contributed by atoms with E-state index in [1.54, 1.807) is 6.08 Å². The zero-order chi connectivity index (χ0) is 21.2. The summed E-state index contributed by atoms with van der Waals surface area (Å²) >= 11 is 0. The van der Waals surface area contributed by atoms with Gasteiger partial charge < -0.3 is 18.9 Å². The molecule has 1 saturated heterocycles. The van der Waals surface area contributed by atoms with Crippen molar-refractivity contribution in [3.05, 3.63) is 47.7 Å². The lowest BCUT2D eigenvalue weighted by Crippen LogP contribution is -2.38. The van der Waals surface area contributed by atoms with E-state index in [0.717, 1.165) is 63.1 Å². The molecule has 30 heavy (non-hydrogen) atoms. The zero-order valence-corrected chi connectivity index (χ0v) is 18.4. The highest BCUT2D eigenvalue weighted by atomic mass is 16.7. The molecule has 0 amide bonds. The maximum Gasteiger partial charge on any atom is 0.204 e. The van der Waals surface area contributed by atoms with Gasteiger partial charge in [0.05, 0.1) is 13.2 Å². The summed E-state index contributed by atoms with van der Waals surface area (Å²) in [7, 11) is 0. The minimum absolute atomic E-state index is 0.00158. The summed E-state index contributed by atoms with van der Waals surface area (Å²) in [5.41, 5.74) is 0.179.